The van der Waals surface area contributed by atoms with Crippen molar-refractivity contribution in [2.24, 2.45) is 5.73 Å². The number of aliphatic carboxylic acids is 1. The van der Waals surface area contributed by atoms with Crippen LogP contribution in [0.5, 0.6) is 0 Å². The van der Waals surface area contributed by atoms with Crippen LogP contribution in [-0.4, -0.2) is 36.4 Å². The van der Waals surface area contributed by atoms with E-state index in [9.17, 15) is 18.0 Å². The van der Waals surface area contributed by atoms with Gasteiger partial charge >= 0.3 is 18.1 Å². The van der Waals surface area contributed by atoms with Crippen LogP contribution in [0.1, 0.15) is 71.1 Å². The lowest BCUT2D eigenvalue weighted by atomic mass is 10.2. The minimum atomic E-state index is -5.08. The molecular weight excluding hydrogens is 423 g/mol. The van der Waals surface area contributed by atoms with Crippen LogP contribution in [0, 0.1) is 0 Å². The van der Waals surface area contributed by atoms with E-state index in [2.05, 4.69) is 55.5 Å². The summed E-state index contributed by atoms with van der Waals surface area (Å²) in [6.07, 6.45) is 22.9. The number of hydrogen-bond acceptors (Lipinski definition) is 4. The van der Waals surface area contributed by atoms with Gasteiger partial charge in [0, 0.05) is 13.0 Å². The summed E-state index contributed by atoms with van der Waals surface area (Å²) in [5.74, 6) is -2.91. The summed E-state index contributed by atoms with van der Waals surface area (Å²) in [7, 11) is 0. The number of esters is 1. The number of rotatable bonds is 16. The normalized spacial score (nSPS) is 12.0. The van der Waals surface area contributed by atoms with Crippen molar-refractivity contribution in [1.82, 2.24) is 0 Å². The van der Waals surface area contributed by atoms with Gasteiger partial charge in [-0.25, -0.2) is 4.79 Å². The maximum atomic E-state index is 11.2. The Labute approximate surface area is 189 Å². The average molecular weight is 462 g/mol. The van der Waals surface area contributed by atoms with Gasteiger partial charge in [0.05, 0.1) is 0 Å². The van der Waals surface area contributed by atoms with E-state index in [1.165, 1.54) is 25.7 Å². The van der Waals surface area contributed by atoms with Gasteiger partial charge in [0.25, 0.3) is 0 Å². The molecule has 0 fully saturated rings. The van der Waals surface area contributed by atoms with Crippen molar-refractivity contribution in [3.8, 4) is 0 Å². The van der Waals surface area contributed by atoms with E-state index in [1.54, 1.807) is 0 Å². The summed E-state index contributed by atoms with van der Waals surface area (Å²) in [5, 5.41) is 7.12. The molecule has 0 aromatic carbocycles. The van der Waals surface area contributed by atoms with Gasteiger partial charge in [-0.2, -0.15) is 13.2 Å². The first-order valence-electron chi connectivity index (χ1n) is 11.0. The van der Waals surface area contributed by atoms with Crippen molar-refractivity contribution in [2.75, 3.05) is 13.2 Å². The molecule has 0 rings (SSSR count). The predicted molar refractivity (Wildman–Crippen MR) is 122 cm³/mol. The van der Waals surface area contributed by atoms with Crippen molar-refractivity contribution in [1.29, 1.82) is 0 Å². The Bertz CT molecular complexity index is 582. The number of carbonyl (C=O) groups excluding carboxylic acids is 1. The Morgan fingerprint density at radius 3 is 1.69 bits per heavy atom. The summed E-state index contributed by atoms with van der Waals surface area (Å²) >= 11 is 0. The van der Waals surface area contributed by atoms with E-state index in [1.807, 2.05) is 0 Å². The lowest BCUT2D eigenvalue weighted by Gasteiger charge is -2.00. The van der Waals surface area contributed by atoms with Crippen molar-refractivity contribution in [3.63, 3.8) is 0 Å². The molecule has 0 bridgehead atoms. The predicted octanol–water partition coefficient (Wildman–Crippen LogP) is 6.27. The summed E-state index contributed by atoms with van der Waals surface area (Å²) in [4.78, 5) is 20.1. The van der Waals surface area contributed by atoms with Crippen LogP contribution in [0.3, 0.4) is 0 Å². The van der Waals surface area contributed by atoms with Crippen LogP contribution in [0.15, 0.2) is 48.6 Å². The molecule has 0 saturated heterocycles. The van der Waals surface area contributed by atoms with Gasteiger partial charge in [-0.1, -0.05) is 68.4 Å². The third-order valence-electron chi connectivity index (χ3n) is 3.83. The van der Waals surface area contributed by atoms with Gasteiger partial charge in [-0.15, -0.1) is 0 Å². The van der Waals surface area contributed by atoms with E-state index in [4.69, 9.17) is 20.4 Å². The Kier molecular flexibility index (Phi) is 23.2. The van der Waals surface area contributed by atoms with Crippen molar-refractivity contribution in [3.05, 3.63) is 48.6 Å². The highest BCUT2D eigenvalue weighted by atomic mass is 19.4. The molecular formula is C24H38F3NO4. The molecule has 0 saturated carbocycles. The number of unbranched alkanes of at least 4 members (excludes halogenated alkanes) is 4. The Hall–Kier alpha value is -2.35. The van der Waals surface area contributed by atoms with Gasteiger partial charge in [0.1, 0.15) is 6.61 Å². The van der Waals surface area contributed by atoms with Crippen LogP contribution in [0.2, 0.25) is 0 Å². The van der Waals surface area contributed by atoms with E-state index in [0.717, 1.165) is 32.1 Å². The average Bonchev–Trinajstić information content (AvgIpc) is 2.74. The minimum Gasteiger partial charge on any atom is -0.475 e. The molecule has 0 aromatic rings. The highest BCUT2D eigenvalue weighted by Crippen LogP contribution is 2.13. The summed E-state index contributed by atoms with van der Waals surface area (Å²) in [6, 6.07) is 0. The smallest absolute Gasteiger partial charge is 0.475 e. The second kappa shape index (κ2) is 23.3. The monoisotopic (exact) mass is 461 g/mol. The first kappa shape index (κ1) is 31.8. The molecule has 3 N–H and O–H groups in total. The summed E-state index contributed by atoms with van der Waals surface area (Å²) in [6.45, 7) is 2.95. The molecule has 0 spiro atoms. The maximum Gasteiger partial charge on any atom is 0.490 e. The van der Waals surface area contributed by atoms with Crippen molar-refractivity contribution in [2.45, 2.75) is 77.3 Å². The molecule has 0 aliphatic rings. The molecule has 0 aliphatic carbocycles. The summed E-state index contributed by atoms with van der Waals surface area (Å²) < 4.78 is 36.6. The van der Waals surface area contributed by atoms with Gasteiger partial charge in [0.2, 0.25) is 0 Å². The minimum absolute atomic E-state index is 0.152. The highest BCUT2D eigenvalue weighted by molar-refractivity contribution is 5.73. The topological polar surface area (TPSA) is 89.6 Å². The van der Waals surface area contributed by atoms with Crippen LogP contribution in [-0.2, 0) is 14.3 Å². The number of hydrogen-bond donors (Lipinski definition) is 2. The molecule has 0 atom stereocenters. The molecule has 184 valence electrons. The molecule has 0 unspecified atom stereocenters. The molecule has 8 heteroatoms. The Morgan fingerprint density at radius 2 is 1.28 bits per heavy atom. The quantitative estimate of drug-likeness (QED) is 0.161. The van der Waals surface area contributed by atoms with Crippen LogP contribution in [0.25, 0.3) is 0 Å². The molecule has 0 radical (unpaired) electrons. The van der Waals surface area contributed by atoms with Crippen LogP contribution in [0.4, 0.5) is 13.2 Å². The molecule has 0 aliphatic heterocycles. The molecule has 32 heavy (non-hydrogen) atoms. The Morgan fingerprint density at radius 1 is 0.844 bits per heavy atom. The lowest BCUT2D eigenvalue weighted by molar-refractivity contribution is -0.192. The van der Waals surface area contributed by atoms with Crippen molar-refractivity contribution >= 4 is 11.9 Å². The number of ether oxygens (including phenoxy) is 1. The number of carboxylic acids is 1. The zero-order valence-corrected chi connectivity index (χ0v) is 19.0. The fourth-order valence-corrected chi connectivity index (χ4v) is 2.17. The third kappa shape index (κ3) is 27.6. The molecule has 0 aromatic heterocycles. The maximum absolute atomic E-state index is 11.2. The van der Waals surface area contributed by atoms with Gasteiger partial charge in [-0.05, 0) is 44.9 Å². The fraction of sp³-hybridized carbons (Fsp3) is 0.583. The van der Waals surface area contributed by atoms with Crippen LogP contribution >= 0.6 is 0 Å². The zero-order chi connectivity index (χ0) is 24.5. The van der Waals surface area contributed by atoms with E-state index in [0.29, 0.717) is 19.6 Å². The number of halogens is 3. The second-order valence-electron chi connectivity index (χ2n) is 6.79. The number of nitrogens with two attached hydrogens (primary N) is 1. The number of alkyl halides is 3. The molecule has 0 heterocycles. The third-order valence-corrected chi connectivity index (χ3v) is 3.83. The SMILES string of the molecule is CCCCC/C=C\C/C=C\C/C=C\C/C=C\CCCC(=O)OCCN.O=C(O)C(F)(F)F. The first-order chi connectivity index (χ1) is 15.3. The zero-order valence-electron chi connectivity index (χ0n) is 19.0. The van der Waals surface area contributed by atoms with E-state index >= 15 is 0 Å². The van der Waals surface area contributed by atoms with Gasteiger partial charge in [0.15, 0.2) is 0 Å². The Balaban J connectivity index is 0. The molecule has 5 nitrogen and oxygen atoms in total. The second-order valence-corrected chi connectivity index (χ2v) is 6.79. The van der Waals surface area contributed by atoms with Crippen LogP contribution < -0.4 is 5.73 Å². The largest absolute Gasteiger partial charge is 0.490 e. The number of carboxylic acid groups (broad SMARTS) is 1. The first-order valence-corrected chi connectivity index (χ1v) is 11.0. The standard InChI is InChI=1S/C22H37NO2.C2HF3O2/c1-2-3-4-5-6-7-8-9-10-11-12-13-14-15-16-17-18-19-22(24)25-21-20-23;3-2(4,5)1(6)7/h6-7,9-10,12-13,15-16H,2-5,8,11,14,17-21,23H2,1H3;(H,6,7)/b7-6-,10-9-,13-12-,16-15-;. The highest BCUT2D eigenvalue weighted by Gasteiger charge is 2.38. The summed E-state index contributed by atoms with van der Waals surface area (Å²) in [5.41, 5.74) is 5.27. The number of allylic oxidation sites excluding steroid dienone is 8. The molecule has 0 amide bonds. The van der Waals surface area contributed by atoms with Gasteiger partial charge in [-0.3, -0.25) is 4.79 Å². The van der Waals surface area contributed by atoms with Gasteiger partial charge < -0.3 is 15.6 Å². The van der Waals surface area contributed by atoms with E-state index in [-0.39, 0.29) is 5.97 Å². The van der Waals surface area contributed by atoms with E-state index < -0.39 is 12.1 Å². The van der Waals surface area contributed by atoms with Crippen molar-refractivity contribution < 1.29 is 32.6 Å². The fourth-order valence-electron chi connectivity index (χ4n) is 2.17. The number of carbonyl (C=O) groups is 2. The lowest BCUT2D eigenvalue weighted by Crippen LogP contribution is -2.21.